The molecule has 1 saturated heterocycles. The summed E-state index contributed by atoms with van der Waals surface area (Å²) in [6.45, 7) is 3.86. The molecule has 104 valence electrons. The number of carbonyl (C=O) groups excluding carboxylic acids is 1. The minimum atomic E-state index is -0.655. The first kappa shape index (κ1) is 13.5. The van der Waals surface area contributed by atoms with Crippen molar-refractivity contribution in [3.63, 3.8) is 0 Å². The highest BCUT2D eigenvalue weighted by molar-refractivity contribution is 5.91. The van der Waals surface area contributed by atoms with Crippen molar-refractivity contribution in [2.75, 3.05) is 19.6 Å². The third-order valence-corrected chi connectivity index (χ3v) is 3.69. The fourth-order valence-electron chi connectivity index (χ4n) is 2.34. The van der Waals surface area contributed by atoms with E-state index in [0.29, 0.717) is 25.6 Å². The average Bonchev–Trinajstić information content (AvgIpc) is 2.88. The van der Waals surface area contributed by atoms with Crippen molar-refractivity contribution in [3.05, 3.63) is 28.0 Å². The topological polar surface area (TPSA) is 103 Å². The van der Waals surface area contributed by atoms with Crippen LogP contribution in [0.1, 0.15) is 23.9 Å². The Hall–Kier alpha value is -1.89. The summed E-state index contributed by atoms with van der Waals surface area (Å²) in [4.78, 5) is 23.7. The van der Waals surface area contributed by atoms with E-state index in [0.717, 1.165) is 6.42 Å². The van der Waals surface area contributed by atoms with E-state index in [4.69, 9.17) is 10.2 Å². The number of piperidine rings is 1. The Morgan fingerprint density at radius 1 is 1.63 bits per heavy atom. The summed E-state index contributed by atoms with van der Waals surface area (Å²) in [5, 5.41) is 10.5. The van der Waals surface area contributed by atoms with Crippen LogP contribution in [0.3, 0.4) is 0 Å². The molecule has 19 heavy (non-hydrogen) atoms. The molecule has 1 aromatic heterocycles. The van der Waals surface area contributed by atoms with Gasteiger partial charge in [-0.1, -0.05) is 6.92 Å². The lowest BCUT2D eigenvalue weighted by atomic mass is 9.87. The molecule has 0 bridgehead atoms. The van der Waals surface area contributed by atoms with Crippen molar-refractivity contribution >= 4 is 11.8 Å². The molecule has 7 nitrogen and oxygen atoms in total. The Morgan fingerprint density at radius 3 is 2.95 bits per heavy atom. The molecule has 0 spiro atoms. The molecule has 1 amide bonds. The second kappa shape index (κ2) is 5.40. The van der Waals surface area contributed by atoms with E-state index < -0.39 is 10.8 Å². The quantitative estimate of drug-likeness (QED) is 0.655. The Morgan fingerprint density at radius 2 is 2.37 bits per heavy atom. The first-order valence-corrected chi connectivity index (χ1v) is 6.26. The van der Waals surface area contributed by atoms with E-state index in [1.807, 2.05) is 0 Å². The summed E-state index contributed by atoms with van der Waals surface area (Å²) < 4.78 is 4.93. The summed E-state index contributed by atoms with van der Waals surface area (Å²) in [5.41, 5.74) is 5.69. The number of furan rings is 1. The van der Waals surface area contributed by atoms with Gasteiger partial charge in [0.1, 0.15) is 4.92 Å². The molecule has 0 aliphatic carbocycles. The van der Waals surface area contributed by atoms with Crippen LogP contribution in [0.15, 0.2) is 16.5 Å². The minimum Gasteiger partial charge on any atom is -0.395 e. The van der Waals surface area contributed by atoms with E-state index in [-0.39, 0.29) is 17.6 Å². The van der Waals surface area contributed by atoms with Gasteiger partial charge in [-0.3, -0.25) is 14.9 Å². The average molecular weight is 267 g/mol. The second-order valence-electron chi connectivity index (χ2n) is 4.91. The van der Waals surface area contributed by atoms with Crippen LogP contribution in [0.4, 0.5) is 5.88 Å². The Balaban J connectivity index is 2.08. The lowest BCUT2D eigenvalue weighted by Crippen LogP contribution is -2.45. The summed E-state index contributed by atoms with van der Waals surface area (Å²) in [6.07, 6.45) is 0.885. The molecule has 2 rings (SSSR count). The zero-order chi connectivity index (χ0) is 14.0. The van der Waals surface area contributed by atoms with Gasteiger partial charge in [-0.25, -0.2) is 0 Å². The number of amides is 1. The molecule has 2 heterocycles. The fourth-order valence-corrected chi connectivity index (χ4v) is 2.34. The summed E-state index contributed by atoms with van der Waals surface area (Å²) in [7, 11) is 0. The first-order valence-electron chi connectivity index (χ1n) is 6.26. The van der Waals surface area contributed by atoms with Crippen molar-refractivity contribution in [1.82, 2.24) is 4.90 Å². The molecule has 1 aromatic rings. The molecule has 2 N–H and O–H groups in total. The second-order valence-corrected chi connectivity index (χ2v) is 4.91. The Labute approximate surface area is 110 Å². The number of nitro groups is 1. The molecule has 2 atom stereocenters. The third kappa shape index (κ3) is 2.76. The van der Waals surface area contributed by atoms with Crippen LogP contribution in [0.2, 0.25) is 0 Å². The molecule has 1 fully saturated rings. The Kier molecular flexibility index (Phi) is 3.84. The molecule has 0 saturated carbocycles. The number of hydrogen-bond donors (Lipinski definition) is 1. The zero-order valence-electron chi connectivity index (χ0n) is 10.7. The van der Waals surface area contributed by atoms with E-state index in [2.05, 4.69) is 6.92 Å². The minimum absolute atomic E-state index is 0.0111. The number of nitrogens with zero attached hydrogens (tertiary/aromatic N) is 2. The number of rotatable bonds is 3. The lowest BCUT2D eigenvalue weighted by Gasteiger charge is -2.36. The summed E-state index contributed by atoms with van der Waals surface area (Å²) in [5.74, 6) is 0.0437. The van der Waals surface area contributed by atoms with Gasteiger partial charge in [0.2, 0.25) is 0 Å². The molecule has 0 radical (unpaired) electrons. The maximum atomic E-state index is 12.2. The van der Waals surface area contributed by atoms with E-state index in [1.165, 1.54) is 12.1 Å². The van der Waals surface area contributed by atoms with Crippen molar-refractivity contribution in [2.45, 2.75) is 13.3 Å². The van der Waals surface area contributed by atoms with Crippen molar-refractivity contribution in [3.8, 4) is 0 Å². The van der Waals surface area contributed by atoms with Gasteiger partial charge in [0.25, 0.3) is 5.91 Å². The molecule has 1 aliphatic heterocycles. The maximum Gasteiger partial charge on any atom is 0.433 e. The van der Waals surface area contributed by atoms with E-state index >= 15 is 0 Å². The Bertz CT molecular complexity index is 485. The number of carbonyl (C=O) groups is 1. The van der Waals surface area contributed by atoms with Crippen LogP contribution in [0.5, 0.6) is 0 Å². The van der Waals surface area contributed by atoms with Crippen LogP contribution in [0.25, 0.3) is 0 Å². The van der Waals surface area contributed by atoms with E-state index in [1.54, 1.807) is 4.90 Å². The van der Waals surface area contributed by atoms with Crippen LogP contribution in [-0.4, -0.2) is 35.4 Å². The smallest absolute Gasteiger partial charge is 0.395 e. The standard InChI is InChI=1S/C12H17N3O4/c1-8-4-5-14(7-9(8)6-13)12(16)10-2-3-11(19-10)15(17)18/h2-3,8-9H,4-7,13H2,1H3. The highest BCUT2D eigenvalue weighted by Crippen LogP contribution is 2.24. The highest BCUT2D eigenvalue weighted by Gasteiger charge is 2.30. The molecule has 2 unspecified atom stereocenters. The number of hydrogen-bond acceptors (Lipinski definition) is 5. The molecular formula is C12H17N3O4. The first-order chi connectivity index (χ1) is 9.02. The van der Waals surface area contributed by atoms with Gasteiger partial charge in [-0.2, -0.15) is 0 Å². The van der Waals surface area contributed by atoms with Gasteiger partial charge >= 0.3 is 5.88 Å². The van der Waals surface area contributed by atoms with Gasteiger partial charge < -0.3 is 15.1 Å². The SMILES string of the molecule is CC1CCN(C(=O)c2ccc([N+](=O)[O-])o2)CC1CN. The molecule has 0 aromatic carbocycles. The van der Waals surface area contributed by atoms with Gasteiger partial charge in [-0.15, -0.1) is 0 Å². The van der Waals surface area contributed by atoms with Crippen LogP contribution in [-0.2, 0) is 0 Å². The predicted octanol–water partition coefficient (Wildman–Crippen LogP) is 1.24. The zero-order valence-corrected chi connectivity index (χ0v) is 10.7. The maximum absolute atomic E-state index is 12.2. The van der Waals surface area contributed by atoms with Crippen molar-refractivity contribution < 1.29 is 14.1 Å². The number of nitrogens with two attached hydrogens (primary N) is 1. The molecular weight excluding hydrogens is 250 g/mol. The van der Waals surface area contributed by atoms with Gasteiger partial charge in [0.15, 0.2) is 5.76 Å². The van der Waals surface area contributed by atoms with Gasteiger partial charge in [-0.05, 0) is 30.9 Å². The fraction of sp³-hybridized carbons (Fsp3) is 0.583. The van der Waals surface area contributed by atoms with E-state index in [9.17, 15) is 14.9 Å². The molecule has 7 heteroatoms. The summed E-state index contributed by atoms with van der Waals surface area (Å²) >= 11 is 0. The normalized spacial score (nSPS) is 23.4. The van der Waals surface area contributed by atoms with Crippen LogP contribution >= 0.6 is 0 Å². The van der Waals surface area contributed by atoms with Gasteiger partial charge in [0, 0.05) is 13.1 Å². The monoisotopic (exact) mass is 267 g/mol. The highest BCUT2D eigenvalue weighted by atomic mass is 16.6. The van der Waals surface area contributed by atoms with Gasteiger partial charge in [0.05, 0.1) is 6.07 Å². The largest absolute Gasteiger partial charge is 0.433 e. The molecule has 1 aliphatic rings. The lowest BCUT2D eigenvalue weighted by molar-refractivity contribution is -0.402. The van der Waals surface area contributed by atoms with Crippen molar-refractivity contribution in [1.29, 1.82) is 0 Å². The predicted molar refractivity (Wildman–Crippen MR) is 67.6 cm³/mol. The van der Waals surface area contributed by atoms with Crippen LogP contribution in [0, 0.1) is 22.0 Å². The third-order valence-electron chi connectivity index (χ3n) is 3.69. The van der Waals surface area contributed by atoms with Crippen LogP contribution < -0.4 is 5.73 Å². The number of likely N-dealkylation sites (tertiary alicyclic amines) is 1. The summed E-state index contributed by atoms with van der Waals surface area (Å²) in [6, 6.07) is 2.54. The van der Waals surface area contributed by atoms with Crippen molar-refractivity contribution in [2.24, 2.45) is 17.6 Å².